The van der Waals surface area contributed by atoms with E-state index in [2.05, 4.69) is 5.32 Å². The van der Waals surface area contributed by atoms with Gasteiger partial charge in [0.25, 0.3) is 5.91 Å². The lowest BCUT2D eigenvalue weighted by Crippen LogP contribution is -2.45. The Kier molecular flexibility index (Phi) is 7.83. The van der Waals surface area contributed by atoms with Gasteiger partial charge in [-0.15, -0.1) is 0 Å². The largest absolute Gasteiger partial charge is 0.485 e. The molecule has 0 fully saturated rings. The molecule has 0 spiro atoms. The van der Waals surface area contributed by atoms with E-state index in [0.29, 0.717) is 42.3 Å². The summed E-state index contributed by atoms with van der Waals surface area (Å²) in [6.45, 7) is 4.45. The molecule has 2 amide bonds. The van der Waals surface area contributed by atoms with Crippen molar-refractivity contribution in [2.75, 3.05) is 44.9 Å². The lowest BCUT2D eigenvalue weighted by atomic mass is 10.1. The van der Waals surface area contributed by atoms with Crippen molar-refractivity contribution in [3.05, 3.63) is 53.1 Å². The molecule has 170 valence electrons. The second-order valence-electron chi connectivity index (χ2n) is 7.63. The number of nitrogens with one attached hydrogen (secondary N) is 1. The van der Waals surface area contributed by atoms with Crippen LogP contribution in [-0.4, -0.2) is 57.6 Å². The second-order valence-corrected chi connectivity index (χ2v) is 7.63. The first-order valence-electron chi connectivity index (χ1n) is 10.4. The first-order chi connectivity index (χ1) is 15.4. The van der Waals surface area contributed by atoms with Gasteiger partial charge in [-0.1, -0.05) is 17.7 Å². The zero-order valence-corrected chi connectivity index (χ0v) is 18.6. The number of anilines is 1. The van der Waals surface area contributed by atoms with Gasteiger partial charge in [0.15, 0.2) is 19.0 Å². The molecule has 0 atom stereocenters. The molecule has 2 aromatic rings. The molecule has 32 heavy (non-hydrogen) atoms. The summed E-state index contributed by atoms with van der Waals surface area (Å²) in [7, 11) is 1.59. The van der Waals surface area contributed by atoms with Gasteiger partial charge >= 0.3 is 0 Å². The van der Waals surface area contributed by atoms with Crippen molar-refractivity contribution in [1.29, 1.82) is 0 Å². The van der Waals surface area contributed by atoms with Crippen molar-refractivity contribution in [2.24, 2.45) is 0 Å². The van der Waals surface area contributed by atoms with Gasteiger partial charge in [-0.2, -0.15) is 0 Å². The van der Waals surface area contributed by atoms with Crippen molar-refractivity contribution < 1.29 is 28.6 Å². The number of carbonyl (C=O) groups excluding carboxylic acids is 3. The summed E-state index contributed by atoms with van der Waals surface area (Å²) in [5.41, 5.74) is 2.83. The van der Waals surface area contributed by atoms with Gasteiger partial charge in [-0.25, -0.2) is 0 Å². The first-order valence-corrected chi connectivity index (χ1v) is 10.4. The average Bonchev–Trinajstić information content (AvgIpc) is 2.77. The molecule has 1 heterocycles. The Hall–Kier alpha value is -3.39. The van der Waals surface area contributed by atoms with Crippen LogP contribution < -0.4 is 19.7 Å². The molecule has 0 saturated heterocycles. The number of carbonyl (C=O) groups is 3. The molecule has 0 aromatic heterocycles. The molecule has 0 bridgehead atoms. The Labute approximate surface area is 187 Å². The third-order valence-corrected chi connectivity index (χ3v) is 5.06. The maximum absolute atomic E-state index is 12.7. The molecular weight excluding hydrogens is 412 g/mol. The van der Waals surface area contributed by atoms with Gasteiger partial charge < -0.3 is 19.5 Å². The minimum absolute atomic E-state index is 0.141. The summed E-state index contributed by atoms with van der Waals surface area (Å²) in [4.78, 5) is 38.8. The van der Waals surface area contributed by atoms with Crippen LogP contribution in [0.2, 0.25) is 0 Å². The van der Waals surface area contributed by atoms with Crippen LogP contribution in [0, 0.1) is 13.8 Å². The number of Topliss-reactive ketones (excluding diaryl/α,β-unsaturated/α-hetero) is 1. The summed E-state index contributed by atoms with van der Waals surface area (Å²) < 4.78 is 16.1. The second kappa shape index (κ2) is 10.8. The Morgan fingerprint density at radius 1 is 1.16 bits per heavy atom. The average molecular weight is 440 g/mol. The lowest BCUT2D eigenvalue weighted by molar-refractivity contribution is -0.125. The zero-order valence-electron chi connectivity index (χ0n) is 18.6. The molecule has 3 rings (SSSR count). The van der Waals surface area contributed by atoms with E-state index >= 15 is 0 Å². The van der Waals surface area contributed by atoms with Crippen LogP contribution in [0.3, 0.4) is 0 Å². The molecule has 0 radical (unpaired) electrons. The van der Waals surface area contributed by atoms with Crippen molar-refractivity contribution >= 4 is 23.3 Å². The van der Waals surface area contributed by atoms with E-state index < -0.39 is 0 Å². The number of methoxy groups -OCH3 is 1. The predicted octanol–water partition coefficient (Wildman–Crippen LogP) is 2.44. The number of benzene rings is 2. The Morgan fingerprint density at radius 3 is 2.72 bits per heavy atom. The fraction of sp³-hybridized carbons (Fsp3) is 0.375. The highest BCUT2D eigenvalue weighted by Gasteiger charge is 2.28. The summed E-state index contributed by atoms with van der Waals surface area (Å²) >= 11 is 0. The number of hydrogen-bond donors (Lipinski definition) is 1. The molecule has 8 heteroatoms. The van der Waals surface area contributed by atoms with Crippen LogP contribution in [0.4, 0.5) is 5.69 Å². The molecule has 8 nitrogen and oxygen atoms in total. The van der Waals surface area contributed by atoms with Gasteiger partial charge in [-0.05, 0) is 50.1 Å². The number of ketones is 1. The summed E-state index contributed by atoms with van der Waals surface area (Å²) in [5.74, 6) is 0.212. The summed E-state index contributed by atoms with van der Waals surface area (Å²) in [5, 5.41) is 2.76. The topological polar surface area (TPSA) is 94.2 Å². The number of nitrogens with zero attached hydrogens (tertiary/aromatic N) is 1. The maximum Gasteiger partial charge on any atom is 0.265 e. The van der Waals surface area contributed by atoms with Crippen LogP contribution in [0.1, 0.15) is 27.9 Å². The van der Waals surface area contributed by atoms with E-state index in [1.165, 1.54) is 4.90 Å². The standard InChI is InChI=1S/C24H28N2O6/c1-16-5-7-21(17(2)11-16)31-14-20(27)18-6-8-22-19(12-18)26(24(29)15-32-22)13-23(28)25-9-4-10-30-3/h5-8,11-12H,4,9-10,13-15H2,1-3H3,(H,25,28). The molecule has 1 aliphatic heterocycles. The molecule has 0 unspecified atom stereocenters. The molecular formula is C24H28N2O6. The third-order valence-electron chi connectivity index (χ3n) is 5.06. The minimum Gasteiger partial charge on any atom is -0.485 e. The maximum atomic E-state index is 12.7. The molecule has 0 aliphatic carbocycles. The molecule has 1 aliphatic rings. The third kappa shape index (κ3) is 5.85. The predicted molar refractivity (Wildman–Crippen MR) is 120 cm³/mol. The number of amides is 2. The van der Waals surface area contributed by atoms with E-state index in [4.69, 9.17) is 14.2 Å². The normalized spacial score (nSPS) is 12.7. The van der Waals surface area contributed by atoms with Gasteiger partial charge in [0, 0.05) is 25.8 Å². The van der Waals surface area contributed by atoms with Gasteiger partial charge in [0.1, 0.15) is 18.0 Å². The first kappa shape index (κ1) is 23.3. The summed E-state index contributed by atoms with van der Waals surface area (Å²) in [6, 6.07) is 10.6. The van der Waals surface area contributed by atoms with Crippen LogP contribution in [0.5, 0.6) is 11.5 Å². The van der Waals surface area contributed by atoms with E-state index in [9.17, 15) is 14.4 Å². The Balaban J connectivity index is 1.69. The monoisotopic (exact) mass is 440 g/mol. The fourth-order valence-corrected chi connectivity index (χ4v) is 3.38. The lowest BCUT2D eigenvalue weighted by Gasteiger charge is -2.29. The van der Waals surface area contributed by atoms with Crippen LogP contribution in [0.15, 0.2) is 36.4 Å². The van der Waals surface area contributed by atoms with Crippen molar-refractivity contribution in [2.45, 2.75) is 20.3 Å². The van der Waals surface area contributed by atoms with Crippen molar-refractivity contribution in [3.63, 3.8) is 0 Å². The highest BCUT2D eigenvalue weighted by Crippen LogP contribution is 2.33. The van der Waals surface area contributed by atoms with Crippen molar-refractivity contribution in [1.82, 2.24) is 5.32 Å². The van der Waals surface area contributed by atoms with Gasteiger partial charge in [0.2, 0.25) is 5.91 Å². The highest BCUT2D eigenvalue weighted by atomic mass is 16.5. The number of rotatable bonds is 10. The highest BCUT2D eigenvalue weighted by molar-refractivity contribution is 6.04. The number of aryl methyl sites for hydroxylation is 2. The number of fused-ring (bicyclic) bond motifs is 1. The van der Waals surface area contributed by atoms with E-state index in [1.807, 2.05) is 32.0 Å². The SMILES string of the molecule is COCCCNC(=O)CN1C(=O)COc2ccc(C(=O)COc3ccc(C)cc3C)cc21. The minimum atomic E-state index is -0.347. The Bertz CT molecular complexity index is 1000. The molecule has 1 N–H and O–H groups in total. The summed E-state index contributed by atoms with van der Waals surface area (Å²) in [6.07, 6.45) is 0.676. The molecule has 2 aromatic carbocycles. The van der Waals surface area contributed by atoms with Gasteiger partial charge in [-0.3, -0.25) is 19.3 Å². The number of ether oxygens (including phenoxy) is 3. The van der Waals surface area contributed by atoms with Crippen LogP contribution in [0.25, 0.3) is 0 Å². The number of hydrogen-bond acceptors (Lipinski definition) is 6. The van der Waals surface area contributed by atoms with Crippen LogP contribution >= 0.6 is 0 Å². The quantitative estimate of drug-likeness (QED) is 0.451. The molecule has 0 saturated carbocycles. The van der Waals surface area contributed by atoms with E-state index in [0.717, 1.165) is 11.1 Å². The van der Waals surface area contributed by atoms with E-state index in [1.54, 1.807) is 25.3 Å². The fourth-order valence-electron chi connectivity index (χ4n) is 3.38. The van der Waals surface area contributed by atoms with Gasteiger partial charge in [0.05, 0.1) is 5.69 Å². The Morgan fingerprint density at radius 2 is 1.97 bits per heavy atom. The zero-order chi connectivity index (χ0) is 23.1. The van der Waals surface area contributed by atoms with Crippen molar-refractivity contribution in [3.8, 4) is 11.5 Å². The van der Waals surface area contributed by atoms with Crippen LogP contribution in [-0.2, 0) is 14.3 Å². The smallest absolute Gasteiger partial charge is 0.265 e. The van der Waals surface area contributed by atoms with E-state index in [-0.39, 0.29) is 37.4 Å².